The van der Waals surface area contributed by atoms with Crippen LogP contribution in [-0.4, -0.2) is 60.8 Å². The summed E-state index contributed by atoms with van der Waals surface area (Å²) < 4.78 is 34.4. The number of hydrogen-bond donors (Lipinski definition) is 0. The predicted molar refractivity (Wildman–Crippen MR) is 80.1 cm³/mol. The molecule has 0 amide bonds. The van der Waals surface area contributed by atoms with Gasteiger partial charge in [0.2, 0.25) is 0 Å². The van der Waals surface area contributed by atoms with E-state index < -0.39 is 15.8 Å². The first kappa shape index (κ1) is 16.5. The van der Waals surface area contributed by atoms with Crippen molar-refractivity contribution < 1.29 is 13.2 Å². The van der Waals surface area contributed by atoms with Gasteiger partial charge in [-0.25, -0.2) is 0 Å². The van der Waals surface area contributed by atoms with Gasteiger partial charge in [-0.1, -0.05) is 6.92 Å². The van der Waals surface area contributed by atoms with Crippen molar-refractivity contribution >= 4 is 21.8 Å². The third kappa shape index (κ3) is 3.65. The number of nitrogens with zero attached hydrogens (tertiary/aromatic N) is 2. The molecule has 2 saturated heterocycles. The predicted octanol–water partition coefficient (Wildman–Crippen LogP) is 1.68. The van der Waals surface area contributed by atoms with Gasteiger partial charge in [-0.15, -0.1) is 11.6 Å². The SMILES string of the molecule is CC1CCN(S(=O)(=O)N2CC(CCl)OC(C)(C)C2)CC1. The summed E-state index contributed by atoms with van der Waals surface area (Å²) in [6.07, 6.45) is 1.64. The molecule has 0 radical (unpaired) electrons. The van der Waals surface area contributed by atoms with Crippen molar-refractivity contribution in [3.63, 3.8) is 0 Å². The maximum absolute atomic E-state index is 12.7. The first-order valence-electron chi connectivity index (χ1n) is 7.23. The van der Waals surface area contributed by atoms with Gasteiger partial charge in [0.1, 0.15) is 0 Å². The van der Waals surface area contributed by atoms with Gasteiger partial charge >= 0.3 is 0 Å². The second kappa shape index (κ2) is 6.08. The molecule has 0 saturated carbocycles. The van der Waals surface area contributed by atoms with Crippen molar-refractivity contribution in [2.45, 2.75) is 45.3 Å². The van der Waals surface area contributed by atoms with Crippen LogP contribution in [0.25, 0.3) is 0 Å². The van der Waals surface area contributed by atoms with Crippen LogP contribution < -0.4 is 0 Å². The molecule has 0 N–H and O–H groups in total. The van der Waals surface area contributed by atoms with Crippen LogP contribution in [0.5, 0.6) is 0 Å². The third-order valence-electron chi connectivity index (χ3n) is 4.02. The Balaban J connectivity index is 2.12. The van der Waals surface area contributed by atoms with Crippen molar-refractivity contribution in [1.29, 1.82) is 0 Å². The summed E-state index contributed by atoms with van der Waals surface area (Å²) in [5, 5.41) is 0. The zero-order valence-corrected chi connectivity index (χ0v) is 14.1. The molecule has 0 aromatic heterocycles. The third-order valence-corrected chi connectivity index (χ3v) is 6.31. The van der Waals surface area contributed by atoms with E-state index in [1.165, 1.54) is 0 Å². The Morgan fingerprint density at radius 3 is 2.40 bits per heavy atom. The lowest BCUT2D eigenvalue weighted by atomic mass is 10.0. The minimum atomic E-state index is -3.39. The van der Waals surface area contributed by atoms with Crippen LogP contribution in [0.2, 0.25) is 0 Å². The van der Waals surface area contributed by atoms with Crippen molar-refractivity contribution in [3.8, 4) is 0 Å². The Morgan fingerprint density at radius 1 is 1.25 bits per heavy atom. The van der Waals surface area contributed by atoms with Gasteiger partial charge < -0.3 is 4.74 Å². The molecular formula is C13H25ClN2O3S. The van der Waals surface area contributed by atoms with Crippen LogP contribution >= 0.6 is 11.6 Å². The van der Waals surface area contributed by atoms with E-state index in [0.717, 1.165) is 12.8 Å². The molecule has 20 heavy (non-hydrogen) atoms. The lowest BCUT2D eigenvalue weighted by Crippen LogP contribution is -2.58. The molecule has 5 nitrogen and oxygen atoms in total. The zero-order valence-electron chi connectivity index (χ0n) is 12.5. The summed E-state index contributed by atoms with van der Waals surface area (Å²) in [7, 11) is -3.39. The molecule has 0 aliphatic carbocycles. The topological polar surface area (TPSA) is 49.9 Å². The van der Waals surface area contributed by atoms with E-state index in [-0.39, 0.29) is 6.10 Å². The van der Waals surface area contributed by atoms with Gasteiger partial charge in [0, 0.05) is 32.1 Å². The fourth-order valence-corrected chi connectivity index (χ4v) is 4.87. The molecule has 1 atom stereocenters. The molecule has 118 valence electrons. The van der Waals surface area contributed by atoms with Gasteiger partial charge in [0.15, 0.2) is 0 Å². The number of morpholine rings is 1. The average Bonchev–Trinajstić information content (AvgIpc) is 2.37. The van der Waals surface area contributed by atoms with Crippen LogP contribution in [0.1, 0.15) is 33.6 Å². The van der Waals surface area contributed by atoms with Gasteiger partial charge in [-0.3, -0.25) is 0 Å². The second-order valence-electron chi connectivity index (χ2n) is 6.54. The maximum atomic E-state index is 12.7. The fourth-order valence-electron chi connectivity index (χ4n) is 2.88. The molecule has 2 aliphatic heterocycles. The minimum absolute atomic E-state index is 0.237. The molecule has 0 spiro atoms. The smallest absolute Gasteiger partial charge is 0.282 e. The molecule has 7 heteroatoms. The van der Waals surface area contributed by atoms with E-state index in [1.807, 2.05) is 13.8 Å². The van der Waals surface area contributed by atoms with E-state index in [9.17, 15) is 8.42 Å². The molecule has 1 unspecified atom stereocenters. The van der Waals surface area contributed by atoms with E-state index in [1.54, 1.807) is 8.61 Å². The normalized spacial score (nSPS) is 30.5. The second-order valence-corrected chi connectivity index (χ2v) is 8.77. The Hall–Kier alpha value is 0.120. The van der Waals surface area contributed by atoms with Gasteiger partial charge in [-0.05, 0) is 32.6 Å². The summed E-state index contributed by atoms with van der Waals surface area (Å²) in [6.45, 7) is 7.96. The van der Waals surface area contributed by atoms with E-state index in [2.05, 4.69) is 6.92 Å². The first-order chi connectivity index (χ1) is 9.24. The van der Waals surface area contributed by atoms with Crippen LogP contribution in [-0.2, 0) is 14.9 Å². The van der Waals surface area contributed by atoms with Crippen molar-refractivity contribution in [2.24, 2.45) is 5.92 Å². The summed E-state index contributed by atoms with van der Waals surface area (Å²) in [6, 6.07) is 0. The van der Waals surface area contributed by atoms with Crippen LogP contribution in [0.4, 0.5) is 0 Å². The van der Waals surface area contributed by atoms with Crippen molar-refractivity contribution in [1.82, 2.24) is 8.61 Å². The number of hydrogen-bond acceptors (Lipinski definition) is 3. The highest BCUT2D eigenvalue weighted by molar-refractivity contribution is 7.86. The maximum Gasteiger partial charge on any atom is 0.282 e. The largest absolute Gasteiger partial charge is 0.368 e. The first-order valence-corrected chi connectivity index (χ1v) is 9.17. The monoisotopic (exact) mass is 324 g/mol. The number of ether oxygens (including phenoxy) is 1. The zero-order chi connectivity index (χ0) is 15.0. The lowest BCUT2D eigenvalue weighted by Gasteiger charge is -2.43. The number of halogens is 1. The molecule has 0 bridgehead atoms. The number of rotatable bonds is 3. The van der Waals surface area contributed by atoms with Crippen LogP contribution in [0.15, 0.2) is 0 Å². The quantitative estimate of drug-likeness (QED) is 0.742. The summed E-state index contributed by atoms with van der Waals surface area (Å²) in [4.78, 5) is 0. The van der Waals surface area contributed by atoms with Crippen LogP contribution in [0, 0.1) is 5.92 Å². The molecule has 0 aromatic rings. The van der Waals surface area contributed by atoms with E-state index in [0.29, 0.717) is 38.0 Å². The highest BCUT2D eigenvalue weighted by Gasteiger charge is 2.41. The van der Waals surface area contributed by atoms with Crippen molar-refractivity contribution in [3.05, 3.63) is 0 Å². The fraction of sp³-hybridized carbons (Fsp3) is 1.00. The van der Waals surface area contributed by atoms with Gasteiger partial charge in [0.05, 0.1) is 11.7 Å². The Bertz CT molecular complexity index is 433. The summed E-state index contributed by atoms with van der Waals surface area (Å²) >= 11 is 5.87. The highest BCUT2D eigenvalue weighted by Crippen LogP contribution is 2.27. The lowest BCUT2D eigenvalue weighted by molar-refractivity contribution is -0.109. The summed E-state index contributed by atoms with van der Waals surface area (Å²) in [5.74, 6) is 0.921. The molecule has 0 aromatic carbocycles. The summed E-state index contributed by atoms with van der Waals surface area (Å²) in [5.41, 5.74) is -0.492. The Labute approximate surface area is 127 Å². The van der Waals surface area contributed by atoms with Gasteiger partial charge in [-0.2, -0.15) is 17.0 Å². The Kier molecular flexibility index (Phi) is 5.02. The standard InChI is InChI=1S/C13H25ClN2O3S/c1-11-4-6-15(7-5-11)20(17,18)16-9-12(8-14)19-13(2,3)10-16/h11-12H,4-10H2,1-3H3. The van der Waals surface area contributed by atoms with Crippen molar-refractivity contribution in [2.75, 3.05) is 32.1 Å². The molecular weight excluding hydrogens is 300 g/mol. The van der Waals surface area contributed by atoms with E-state index >= 15 is 0 Å². The number of alkyl halides is 1. The Morgan fingerprint density at radius 2 is 1.85 bits per heavy atom. The highest BCUT2D eigenvalue weighted by atomic mass is 35.5. The minimum Gasteiger partial charge on any atom is -0.368 e. The molecule has 2 aliphatic rings. The van der Waals surface area contributed by atoms with E-state index in [4.69, 9.17) is 16.3 Å². The van der Waals surface area contributed by atoms with Gasteiger partial charge in [0.25, 0.3) is 10.2 Å². The number of piperidine rings is 1. The molecule has 2 rings (SSSR count). The van der Waals surface area contributed by atoms with Crippen LogP contribution in [0.3, 0.4) is 0 Å². The molecule has 2 fully saturated rings. The molecule has 2 heterocycles. The average molecular weight is 325 g/mol.